The third-order valence-corrected chi connectivity index (χ3v) is 12.5. The summed E-state index contributed by atoms with van der Waals surface area (Å²) in [5.41, 5.74) is 8.75. The first-order valence-electron chi connectivity index (χ1n) is 19.3. The van der Waals surface area contributed by atoms with Crippen LogP contribution in [0.1, 0.15) is 125 Å². The molecule has 0 spiro atoms. The monoisotopic (exact) mass is 633 g/mol. The summed E-state index contributed by atoms with van der Waals surface area (Å²) in [6.07, 6.45) is 43.3. The van der Waals surface area contributed by atoms with Crippen LogP contribution in [0.3, 0.4) is 0 Å². The van der Waals surface area contributed by atoms with Gasteiger partial charge >= 0.3 is 0 Å². The summed E-state index contributed by atoms with van der Waals surface area (Å²) in [7, 11) is 0.862. The molecule has 0 aromatic heterocycles. The maximum atomic E-state index is 10.7. The minimum Gasteiger partial charge on any atom is -0.391 e. The van der Waals surface area contributed by atoms with Crippen LogP contribution in [0.25, 0.3) is 0 Å². The van der Waals surface area contributed by atoms with Gasteiger partial charge in [0.05, 0.1) is 5.60 Å². The molecule has 5 rings (SSSR count). The Hall–Kier alpha value is -2.32. The van der Waals surface area contributed by atoms with Gasteiger partial charge in [0.2, 0.25) is 0 Å². The number of hydrogen-bond donors (Lipinski definition) is 1. The fraction of sp³-hybridized carbons (Fsp3) is 0.600. The van der Waals surface area contributed by atoms with E-state index >= 15 is 0 Å². The minimum absolute atomic E-state index is 0.184. The lowest BCUT2D eigenvalue weighted by Gasteiger charge is -2.37. The number of rotatable bonds is 12. The van der Waals surface area contributed by atoms with E-state index in [2.05, 4.69) is 95.0 Å². The Labute approximate surface area is 289 Å². The highest BCUT2D eigenvalue weighted by Gasteiger charge is 2.36. The topological polar surface area (TPSA) is 20.2 Å². The standard InChI is InChI=1S/C45H65BO/c1-8-43(46-44(4,5)45(6,7)47)20-13-12-16-34-25-33(3)27-39(28-34)42-30-40(35-17-10-9-11-18-35)29-41(31-42)37-23-21-36(22-24-37)38-19-14-15-32(2)26-38/h8,10,14-15,17,20-21,23,27,29-30,32-35,38,42,46-47H,1,9,11-13,16,18-19,22,24-26,28,31H2,2-7H3/b43-20+/t32?,33?,34-,35?,38?,42+/m0/s1. The molecule has 0 radical (unpaired) electrons. The first-order valence-corrected chi connectivity index (χ1v) is 19.3. The number of aliphatic hydroxyl groups is 1. The van der Waals surface area contributed by atoms with Crippen LogP contribution < -0.4 is 0 Å². The van der Waals surface area contributed by atoms with E-state index < -0.39 is 5.60 Å². The SMILES string of the molecule is C=C/C(BC(C)(C)C(C)(C)O)=C\CCC[C@@H]1CC([C@@H]2C=C(C3C=CCCC3)C=C(C3=CC=C(C4CC=CC(C)C4)CC3)C2)=CC(C)C1. The van der Waals surface area contributed by atoms with Crippen molar-refractivity contribution in [2.45, 2.75) is 136 Å². The van der Waals surface area contributed by atoms with Crippen LogP contribution in [0.4, 0.5) is 0 Å². The highest BCUT2D eigenvalue weighted by Crippen LogP contribution is 2.44. The zero-order valence-electron chi connectivity index (χ0n) is 30.9. The van der Waals surface area contributed by atoms with E-state index in [1.54, 1.807) is 27.9 Å². The molecule has 0 fully saturated rings. The molecule has 0 saturated heterocycles. The molecule has 254 valence electrons. The zero-order chi connectivity index (χ0) is 33.6. The maximum absolute atomic E-state index is 10.7. The minimum atomic E-state index is -0.718. The van der Waals surface area contributed by atoms with Gasteiger partial charge < -0.3 is 5.11 Å². The lowest BCUT2D eigenvalue weighted by atomic mass is 9.44. The second-order valence-electron chi connectivity index (χ2n) is 17.2. The van der Waals surface area contributed by atoms with Crippen LogP contribution in [0.15, 0.2) is 107 Å². The van der Waals surface area contributed by atoms with Crippen LogP contribution in [0, 0.1) is 35.5 Å². The fourth-order valence-electron chi connectivity index (χ4n) is 8.87. The molecule has 4 unspecified atom stereocenters. The van der Waals surface area contributed by atoms with Crippen molar-refractivity contribution >= 4 is 7.28 Å². The van der Waals surface area contributed by atoms with Crippen LogP contribution in [-0.4, -0.2) is 18.0 Å². The molecule has 1 nitrogen and oxygen atoms in total. The summed E-state index contributed by atoms with van der Waals surface area (Å²) in [6.45, 7) is 17.1. The van der Waals surface area contributed by atoms with E-state index in [1.165, 1.54) is 82.5 Å². The van der Waals surface area contributed by atoms with Gasteiger partial charge in [0.1, 0.15) is 0 Å². The van der Waals surface area contributed by atoms with E-state index in [-0.39, 0.29) is 5.31 Å². The molecule has 0 amide bonds. The molecule has 0 aliphatic heterocycles. The third kappa shape index (κ3) is 9.65. The predicted molar refractivity (Wildman–Crippen MR) is 207 cm³/mol. The lowest BCUT2D eigenvalue weighted by Crippen LogP contribution is -2.38. The van der Waals surface area contributed by atoms with Crippen molar-refractivity contribution in [3.8, 4) is 0 Å². The van der Waals surface area contributed by atoms with Crippen molar-refractivity contribution in [1.29, 1.82) is 0 Å². The highest BCUT2D eigenvalue weighted by molar-refractivity contribution is 6.50. The van der Waals surface area contributed by atoms with Gasteiger partial charge in [-0.2, -0.15) is 0 Å². The molecule has 0 aromatic rings. The number of hydrogen-bond acceptors (Lipinski definition) is 1. The molecule has 0 bridgehead atoms. The average Bonchev–Trinajstić information content (AvgIpc) is 3.05. The zero-order valence-corrected chi connectivity index (χ0v) is 30.9. The normalized spacial score (nSPS) is 30.5. The van der Waals surface area contributed by atoms with Gasteiger partial charge in [-0.15, -0.1) is 0 Å². The van der Waals surface area contributed by atoms with Crippen molar-refractivity contribution in [2.24, 2.45) is 35.5 Å². The second-order valence-corrected chi connectivity index (χ2v) is 17.2. The van der Waals surface area contributed by atoms with Gasteiger partial charge in [0.25, 0.3) is 0 Å². The van der Waals surface area contributed by atoms with Crippen LogP contribution >= 0.6 is 0 Å². The summed E-state index contributed by atoms with van der Waals surface area (Å²) in [5.74, 6) is 4.00. The molecule has 0 heterocycles. The average molecular weight is 633 g/mol. The quantitative estimate of drug-likeness (QED) is 0.0982. The fourth-order valence-corrected chi connectivity index (χ4v) is 8.87. The molecule has 6 atom stereocenters. The Morgan fingerprint density at radius 1 is 0.936 bits per heavy atom. The van der Waals surface area contributed by atoms with E-state index in [9.17, 15) is 5.11 Å². The molecule has 47 heavy (non-hydrogen) atoms. The van der Waals surface area contributed by atoms with Gasteiger partial charge in [0, 0.05) is 11.8 Å². The molecule has 0 saturated carbocycles. The lowest BCUT2D eigenvalue weighted by molar-refractivity contribution is 0.0408. The highest BCUT2D eigenvalue weighted by atomic mass is 16.3. The Balaban J connectivity index is 1.26. The smallest absolute Gasteiger partial charge is 0.166 e. The van der Waals surface area contributed by atoms with E-state index in [0.29, 0.717) is 23.7 Å². The van der Waals surface area contributed by atoms with Crippen molar-refractivity contribution in [3.63, 3.8) is 0 Å². The van der Waals surface area contributed by atoms with Crippen molar-refractivity contribution in [3.05, 3.63) is 107 Å². The predicted octanol–water partition coefficient (Wildman–Crippen LogP) is 12.1. The van der Waals surface area contributed by atoms with E-state index in [0.717, 1.165) is 25.5 Å². The van der Waals surface area contributed by atoms with E-state index in [4.69, 9.17) is 0 Å². The van der Waals surface area contributed by atoms with Gasteiger partial charge in [-0.1, -0.05) is 118 Å². The first kappa shape index (κ1) is 36.0. The van der Waals surface area contributed by atoms with Crippen LogP contribution in [0.5, 0.6) is 0 Å². The largest absolute Gasteiger partial charge is 0.391 e. The van der Waals surface area contributed by atoms with Gasteiger partial charge in [-0.3, -0.25) is 0 Å². The van der Waals surface area contributed by atoms with Gasteiger partial charge in [-0.25, -0.2) is 0 Å². The molecular weight excluding hydrogens is 567 g/mol. The Bertz CT molecular complexity index is 1360. The van der Waals surface area contributed by atoms with Crippen LogP contribution in [-0.2, 0) is 0 Å². The van der Waals surface area contributed by atoms with Gasteiger partial charge in [-0.05, 0) is 143 Å². The summed E-state index contributed by atoms with van der Waals surface area (Å²) < 4.78 is 0. The van der Waals surface area contributed by atoms with Crippen molar-refractivity contribution in [2.75, 3.05) is 0 Å². The van der Waals surface area contributed by atoms with Crippen molar-refractivity contribution < 1.29 is 5.11 Å². The third-order valence-electron chi connectivity index (χ3n) is 12.5. The number of allylic oxidation sites excluding steroid dienone is 17. The first-order chi connectivity index (χ1) is 22.4. The molecule has 2 heteroatoms. The summed E-state index contributed by atoms with van der Waals surface area (Å²) in [5, 5.41) is 10.5. The molecular formula is C45H65BO. The molecule has 5 aliphatic rings. The Kier molecular flexibility index (Phi) is 12.2. The Morgan fingerprint density at radius 2 is 1.77 bits per heavy atom. The Morgan fingerprint density at radius 3 is 2.45 bits per heavy atom. The maximum Gasteiger partial charge on any atom is 0.166 e. The molecule has 0 aromatic carbocycles. The molecule has 1 N–H and O–H groups in total. The summed E-state index contributed by atoms with van der Waals surface area (Å²) >= 11 is 0. The van der Waals surface area contributed by atoms with Gasteiger partial charge in [0.15, 0.2) is 7.28 Å². The summed E-state index contributed by atoms with van der Waals surface area (Å²) in [4.78, 5) is 0. The molecule has 5 aliphatic carbocycles. The number of unbranched alkanes of at least 4 members (excludes halogenated alkanes) is 1. The summed E-state index contributed by atoms with van der Waals surface area (Å²) in [6, 6.07) is 0. The second kappa shape index (κ2) is 15.9. The van der Waals surface area contributed by atoms with E-state index in [1.807, 2.05) is 19.9 Å². The van der Waals surface area contributed by atoms with Crippen LogP contribution in [0.2, 0.25) is 5.31 Å². The van der Waals surface area contributed by atoms with Crippen molar-refractivity contribution in [1.82, 2.24) is 0 Å².